The Morgan fingerprint density at radius 1 is 0.207 bits per heavy atom. The van der Waals surface area contributed by atoms with Crippen LogP contribution in [0.1, 0.15) is 0 Å². The van der Waals surface area contributed by atoms with Crippen LogP contribution < -0.4 is 4.74 Å². The van der Waals surface area contributed by atoms with E-state index in [4.69, 9.17) is 4.74 Å². The first kappa shape index (κ1) is 30.9. The Hall–Kier alpha value is -10.3. The highest BCUT2D eigenvalue weighted by Gasteiger charge is 2.52. The van der Waals surface area contributed by atoms with Crippen LogP contribution in [0.3, 0.4) is 0 Å². The molecule has 0 atom stereocenters. The number of ether oxygens (including phenoxy) is 1. The minimum atomic E-state index is -4.34. The molecule has 0 unspecified atom stereocenters. The molecule has 344 valence electrons. The van der Waals surface area contributed by atoms with Crippen molar-refractivity contribution in [2.45, 2.75) is 4.90 Å². The molecule has 0 saturated heterocycles. The smallest absolute Gasteiger partial charge is 0.268 e. The van der Waals surface area contributed by atoms with Gasteiger partial charge in [0.25, 0.3) is 10.0 Å². The van der Waals surface area contributed by atoms with E-state index in [0.29, 0.717) is 10.6 Å². The van der Waals surface area contributed by atoms with E-state index >= 15 is 8.42 Å². The summed E-state index contributed by atoms with van der Waals surface area (Å²) in [5.74, 6) is 0.655. The molecule has 1 heterocycles. The van der Waals surface area contributed by atoms with Gasteiger partial charge in [-0.15, -0.1) is 0 Å². The van der Waals surface area contributed by atoms with E-state index in [2.05, 4.69) is 0 Å². The van der Waals surface area contributed by atoms with Crippen molar-refractivity contribution in [2.75, 3.05) is 7.11 Å². The monoisotopic (exact) mass is 1030 g/mol. The molecule has 0 aliphatic rings. The van der Waals surface area contributed by atoms with E-state index in [-0.39, 0.29) is 0 Å². The summed E-state index contributed by atoms with van der Waals surface area (Å²) >= 11 is 0. The first-order valence-electron chi connectivity index (χ1n) is 29.6. The summed E-state index contributed by atoms with van der Waals surface area (Å²) < 4.78 is 42.6. The number of methoxy groups -OCH3 is 1. The molecule has 36 aromatic carbocycles. The van der Waals surface area contributed by atoms with Gasteiger partial charge in [-0.05, 0) is 24.3 Å². The second-order valence-corrected chi connectivity index (χ2v) is 30.4. The van der Waals surface area contributed by atoms with Crippen molar-refractivity contribution < 1.29 is 13.2 Å². The quantitative estimate of drug-likeness (QED) is 0.131. The fraction of sp³-hybridized carbons (Fsp3) is 0.0130. The minimum Gasteiger partial charge on any atom is -0.497 e. The highest BCUT2D eigenvalue weighted by molar-refractivity contribution is 7.90. The lowest BCUT2D eigenvalue weighted by atomic mass is 9.80. The van der Waals surface area contributed by atoms with Gasteiger partial charge in [-0.3, -0.25) is 0 Å². The molecule has 0 N–H and O–H groups in total. The van der Waals surface area contributed by atoms with Crippen LogP contribution in [0.2, 0.25) is 0 Å². The molecule has 0 aliphatic heterocycles. The Morgan fingerprint density at radius 2 is 0.329 bits per heavy atom. The second kappa shape index (κ2) is 7.11. The maximum atomic E-state index is 17.4. The summed E-state index contributed by atoms with van der Waals surface area (Å²) in [6, 6.07) is 7.37. The molecule has 0 amide bonds. The lowest BCUT2D eigenvalue weighted by molar-refractivity contribution is 0.414. The lowest BCUT2D eigenvalue weighted by Crippen LogP contribution is -2.16. The molecule has 0 spiro atoms. The van der Waals surface area contributed by atoms with Crippen LogP contribution in [0.15, 0.2) is 29.2 Å². The number of hydrogen-bond acceptors (Lipinski definition) is 3. The first-order chi connectivity index (χ1) is 40.7. The van der Waals surface area contributed by atoms with Crippen LogP contribution >= 0.6 is 0 Å². The van der Waals surface area contributed by atoms with Crippen molar-refractivity contribution in [2.24, 2.45) is 0 Å². The molecule has 0 bridgehead atoms. The number of fused-ring (bicyclic) bond motifs is 5. The largest absolute Gasteiger partial charge is 0.497 e. The molecule has 82 heavy (non-hydrogen) atoms. The normalized spacial score (nSPS) is 17.2. The standard InChI is InChI=1S/C77H7NO3S/c1-81-6-2-4-7(5-3-6)82(79,80)78-76-72-65-56-45-36-24-16-10-11-13-9-8-12(10)22(24)28-26-14(8)18-19-15(9)27-29-23(13)25-17(11)21-20(16)32-38-33(21)40-37(25)46-44(29)50-48-35(27)31(19)42-41-30(18)34(26)47-49(43(28)45)63(65)67-58(47)54(41)62-55(42)59(48)68-64(50)66-57(46)52(40)61-53(38)60(51(56)39(32)36)69(72)70(61)73(66)77(78)75(68)71(62)74(67)76/h2-5H,1H3. The van der Waals surface area contributed by atoms with Crippen LogP contribution in [-0.4, -0.2) is 19.5 Å². The van der Waals surface area contributed by atoms with Gasteiger partial charge in [-0.1, -0.05) is 0 Å². The van der Waals surface area contributed by atoms with Gasteiger partial charge in [0.1, 0.15) is 5.75 Å². The van der Waals surface area contributed by atoms with E-state index < -0.39 is 10.0 Å². The maximum Gasteiger partial charge on any atom is 0.268 e. The average Bonchev–Trinajstić information content (AvgIpc) is 1.55. The molecular weight excluding hydrogens is 1020 g/mol. The maximum absolute atomic E-state index is 17.4. The summed E-state index contributed by atoms with van der Waals surface area (Å²) in [5, 5.41) is 100. The van der Waals surface area contributed by atoms with Crippen LogP contribution in [0.25, 0.3) is 377 Å². The minimum absolute atomic E-state index is 0.309. The summed E-state index contributed by atoms with van der Waals surface area (Å²) in [5.41, 5.74) is 1.84. The van der Waals surface area contributed by atoms with Gasteiger partial charge in [-0.25, -0.2) is 12.4 Å². The summed E-state index contributed by atoms with van der Waals surface area (Å²) in [4.78, 5) is 0.309. The molecular formula is C77H7NO3S. The van der Waals surface area contributed by atoms with E-state index in [1.54, 1.807) is 147 Å². The van der Waals surface area contributed by atoms with Crippen molar-refractivity contribution in [3.63, 3.8) is 0 Å². The third-order valence-corrected chi connectivity index (χ3v) is 29.7. The topological polar surface area (TPSA) is 48.3 Å². The molecule has 0 saturated carbocycles. The van der Waals surface area contributed by atoms with Crippen molar-refractivity contribution >= 4 is 387 Å². The number of nitrogens with zero attached hydrogens (tertiary/aromatic N) is 1. The fourth-order valence-electron chi connectivity index (χ4n) is 27.3. The Morgan fingerprint density at radius 3 is 0.463 bits per heavy atom. The van der Waals surface area contributed by atoms with Crippen molar-refractivity contribution in [3.05, 3.63) is 24.3 Å². The van der Waals surface area contributed by atoms with Gasteiger partial charge in [0, 0.05) is 366 Å². The molecule has 4 nitrogen and oxygen atoms in total. The van der Waals surface area contributed by atoms with Gasteiger partial charge in [0.05, 0.1) is 23.0 Å². The summed E-state index contributed by atoms with van der Waals surface area (Å²) in [6.45, 7) is 0. The third kappa shape index (κ3) is 1.72. The van der Waals surface area contributed by atoms with Crippen LogP contribution in [0.5, 0.6) is 5.75 Å². The number of rotatable bonds is 3. The fourth-order valence-corrected chi connectivity index (χ4v) is 28.8. The zero-order valence-corrected chi connectivity index (χ0v) is 42.2. The van der Waals surface area contributed by atoms with Gasteiger partial charge >= 0.3 is 0 Å². The van der Waals surface area contributed by atoms with Gasteiger partial charge in [0.15, 0.2) is 0 Å². The Balaban J connectivity index is 1.13. The van der Waals surface area contributed by atoms with Crippen LogP contribution in [0.4, 0.5) is 0 Å². The molecule has 1 aromatic heterocycles. The molecule has 37 aromatic rings. The second-order valence-electron chi connectivity index (χ2n) is 28.6. The zero-order valence-electron chi connectivity index (χ0n) is 41.4. The molecule has 0 radical (unpaired) electrons. The highest BCUT2D eigenvalue weighted by atomic mass is 32.2. The van der Waals surface area contributed by atoms with Gasteiger partial charge in [0.2, 0.25) is 0 Å². The van der Waals surface area contributed by atoms with Crippen molar-refractivity contribution in [1.29, 1.82) is 0 Å². The van der Waals surface area contributed by atoms with E-state index in [9.17, 15) is 0 Å². The number of benzene rings is 25. The van der Waals surface area contributed by atoms with E-state index in [1.165, 1.54) is 226 Å². The van der Waals surface area contributed by atoms with Gasteiger partial charge < -0.3 is 4.74 Å². The Labute approximate surface area is 443 Å². The predicted octanol–water partition coefficient (Wildman–Crippen LogP) is 21.3. The summed E-state index contributed by atoms with van der Waals surface area (Å²) in [6.07, 6.45) is 0. The summed E-state index contributed by atoms with van der Waals surface area (Å²) in [7, 11) is -2.66. The first-order valence-corrected chi connectivity index (χ1v) is 31.0. The Kier molecular flexibility index (Phi) is 2.68. The third-order valence-electron chi connectivity index (χ3n) is 28.0. The van der Waals surface area contributed by atoms with Gasteiger partial charge in [-0.2, -0.15) is 0 Å². The molecule has 37 rings (SSSR count). The SMILES string of the molecule is COc1ccc(S(=O)(=O)n2c3c4c5c6c7c8c9c%10c%11c%12c%13c%14c%15c%11c9c9c%11c%15c%15c%16c%14c%14c%17c%13c%13c%12c%12c%10c%10c8c6c6c8c%10c%12c%10c%13c%12c%17c%13c%17c%14c%16c%14c%16c%15c%11c%11c(c97)c5c5c%11c%16c7c%14c%17c9c%13c%11c%12c%10c8c(c64)c%11c2c9c7c53)cc1. The average molecular weight is 1030 g/mol. The van der Waals surface area contributed by atoms with Crippen LogP contribution in [0, 0.1) is 0 Å². The van der Waals surface area contributed by atoms with E-state index in [0.717, 1.165) is 11.0 Å². The number of pyridine rings is 1. The van der Waals surface area contributed by atoms with E-state index in [1.807, 2.05) is 28.2 Å². The lowest BCUT2D eigenvalue weighted by Gasteiger charge is -2.26. The van der Waals surface area contributed by atoms with Crippen molar-refractivity contribution in [1.82, 2.24) is 3.97 Å². The van der Waals surface area contributed by atoms with Crippen LogP contribution in [-0.2, 0) is 10.0 Å². The number of aromatic nitrogens is 1. The van der Waals surface area contributed by atoms with Crippen molar-refractivity contribution in [3.8, 4) is 5.75 Å². The zero-order chi connectivity index (χ0) is 49.2. The number of hydrogen-bond donors (Lipinski definition) is 0. The predicted molar refractivity (Wildman–Crippen MR) is 347 cm³/mol. The highest BCUT2D eigenvalue weighted by Crippen LogP contribution is 2.81. The molecule has 0 fully saturated rings. The molecule has 5 heteroatoms. The Bertz CT molecular complexity index is 9090. The molecule has 0 aliphatic carbocycles.